The second-order valence-electron chi connectivity index (χ2n) is 6.15. The topological polar surface area (TPSA) is 29.9 Å². The van der Waals surface area contributed by atoms with E-state index in [0.29, 0.717) is 12.0 Å². The summed E-state index contributed by atoms with van der Waals surface area (Å²) < 4.78 is 1.91. The van der Waals surface area contributed by atoms with Crippen molar-refractivity contribution in [1.29, 1.82) is 0 Å². The van der Waals surface area contributed by atoms with E-state index in [2.05, 4.69) is 47.8 Å². The summed E-state index contributed by atoms with van der Waals surface area (Å²) >= 11 is 0. The lowest BCUT2D eigenvalue weighted by atomic mass is 9.78. The first-order chi connectivity index (χ1) is 10.3. The third-order valence-corrected chi connectivity index (χ3v) is 4.55. The minimum absolute atomic E-state index is 0.423. The zero-order valence-corrected chi connectivity index (χ0v) is 13.0. The van der Waals surface area contributed by atoms with Crippen molar-refractivity contribution in [1.82, 2.24) is 15.1 Å². The lowest BCUT2D eigenvalue weighted by molar-refractivity contribution is 0.326. The Kier molecular flexibility index (Phi) is 4.39. The predicted octanol–water partition coefficient (Wildman–Crippen LogP) is 3.27. The Bertz CT molecular complexity index is 588. The molecule has 2 atom stereocenters. The number of aromatic nitrogens is 2. The quantitative estimate of drug-likeness (QED) is 0.912. The maximum absolute atomic E-state index is 4.36. The van der Waals surface area contributed by atoms with Gasteiger partial charge in [-0.3, -0.25) is 4.68 Å². The molecule has 3 heteroatoms. The fraction of sp³-hybridized carbons (Fsp3) is 0.500. The molecule has 0 amide bonds. The van der Waals surface area contributed by atoms with Gasteiger partial charge in [-0.2, -0.15) is 5.10 Å². The van der Waals surface area contributed by atoms with E-state index in [1.165, 1.54) is 42.4 Å². The molecular weight excluding hydrogens is 258 g/mol. The monoisotopic (exact) mass is 283 g/mol. The first kappa shape index (κ1) is 14.3. The van der Waals surface area contributed by atoms with Crippen LogP contribution in [-0.4, -0.2) is 16.3 Å². The van der Waals surface area contributed by atoms with Crippen LogP contribution in [0.15, 0.2) is 36.7 Å². The van der Waals surface area contributed by atoms with E-state index in [9.17, 15) is 0 Å². The standard InChI is InChI=1S/C18H25N3/c1-3-10-19-18(17-12-20-21(2)13-17)16-9-8-14-6-4-5-7-15(14)11-16/h4-7,12-13,16,18-19H,3,8-11H2,1-2H3. The molecule has 0 saturated heterocycles. The van der Waals surface area contributed by atoms with Gasteiger partial charge in [0.25, 0.3) is 0 Å². The highest BCUT2D eigenvalue weighted by Gasteiger charge is 2.27. The lowest BCUT2D eigenvalue weighted by Gasteiger charge is -2.32. The third kappa shape index (κ3) is 3.18. The molecule has 112 valence electrons. The lowest BCUT2D eigenvalue weighted by Crippen LogP contribution is -2.32. The van der Waals surface area contributed by atoms with E-state index in [1.54, 1.807) is 0 Å². The predicted molar refractivity (Wildman–Crippen MR) is 86.2 cm³/mol. The molecule has 0 radical (unpaired) electrons. The van der Waals surface area contributed by atoms with Gasteiger partial charge in [-0.15, -0.1) is 0 Å². The summed E-state index contributed by atoms with van der Waals surface area (Å²) in [6.45, 7) is 3.29. The second-order valence-corrected chi connectivity index (χ2v) is 6.15. The average Bonchev–Trinajstić information content (AvgIpc) is 2.94. The number of hydrogen-bond acceptors (Lipinski definition) is 2. The Morgan fingerprint density at radius 1 is 1.33 bits per heavy atom. The molecule has 21 heavy (non-hydrogen) atoms. The molecule has 0 saturated carbocycles. The maximum atomic E-state index is 4.36. The van der Waals surface area contributed by atoms with Crippen molar-refractivity contribution in [3.05, 3.63) is 53.3 Å². The first-order valence-electron chi connectivity index (χ1n) is 8.06. The molecule has 3 rings (SSSR count). The smallest absolute Gasteiger partial charge is 0.0537 e. The van der Waals surface area contributed by atoms with Gasteiger partial charge in [-0.1, -0.05) is 31.2 Å². The Labute approximate surface area is 127 Å². The van der Waals surface area contributed by atoms with Crippen molar-refractivity contribution in [3.63, 3.8) is 0 Å². The molecule has 1 aliphatic rings. The van der Waals surface area contributed by atoms with Gasteiger partial charge in [-0.25, -0.2) is 0 Å². The number of fused-ring (bicyclic) bond motifs is 1. The zero-order chi connectivity index (χ0) is 14.7. The van der Waals surface area contributed by atoms with Gasteiger partial charge in [0.1, 0.15) is 0 Å². The van der Waals surface area contributed by atoms with Gasteiger partial charge < -0.3 is 5.32 Å². The number of benzene rings is 1. The summed E-state index contributed by atoms with van der Waals surface area (Å²) in [5.41, 5.74) is 4.39. The molecule has 2 unspecified atom stereocenters. The molecule has 0 aliphatic heterocycles. The molecule has 1 aliphatic carbocycles. The van der Waals surface area contributed by atoms with Crippen LogP contribution < -0.4 is 5.32 Å². The molecule has 1 N–H and O–H groups in total. The SMILES string of the molecule is CCCNC(c1cnn(C)c1)C1CCc2ccccc2C1. The van der Waals surface area contributed by atoms with Gasteiger partial charge in [0, 0.05) is 24.8 Å². The summed E-state index contributed by atoms with van der Waals surface area (Å²) in [6, 6.07) is 9.32. The molecule has 0 bridgehead atoms. The van der Waals surface area contributed by atoms with E-state index in [0.717, 1.165) is 6.54 Å². The Morgan fingerprint density at radius 3 is 2.86 bits per heavy atom. The normalized spacial score (nSPS) is 19.2. The van der Waals surface area contributed by atoms with Crippen molar-refractivity contribution < 1.29 is 0 Å². The molecule has 1 heterocycles. The highest BCUT2D eigenvalue weighted by atomic mass is 15.2. The van der Waals surface area contributed by atoms with E-state index >= 15 is 0 Å². The highest BCUT2D eigenvalue weighted by Crippen LogP contribution is 2.34. The zero-order valence-electron chi connectivity index (χ0n) is 13.0. The Balaban J connectivity index is 1.81. The van der Waals surface area contributed by atoms with Crippen LogP contribution in [0.5, 0.6) is 0 Å². The van der Waals surface area contributed by atoms with Crippen molar-refractivity contribution in [2.75, 3.05) is 6.54 Å². The fourth-order valence-electron chi connectivity index (χ4n) is 3.47. The average molecular weight is 283 g/mol. The van der Waals surface area contributed by atoms with Gasteiger partial charge in [0.2, 0.25) is 0 Å². The van der Waals surface area contributed by atoms with Crippen molar-refractivity contribution >= 4 is 0 Å². The number of nitrogens with one attached hydrogen (secondary N) is 1. The van der Waals surface area contributed by atoms with E-state index in [1.807, 2.05) is 17.9 Å². The minimum atomic E-state index is 0.423. The largest absolute Gasteiger partial charge is 0.310 e. The van der Waals surface area contributed by atoms with Crippen molar-refractivity contribution in [2.24, 2.45) is 13.0 Å². The molecule has 2 aromatic rings. The van der Waals surface area contributed by atoms with Crippen LogP contribution in [-0.2, 0) is 19.9 Å². The summed E-state index contributed by atoms with van der Waals surface area (Å²) in [6.07, 6.45) is 8.98. The summed E-state index contributed by atoms with van der Waals surface area (Å²) in [4.78, 5) is 0. The fourth-order valence-corrected chi connectivity index (χ4v) is 3.47. The van der Waals surface area contributed by atoms with Crippen LogP contribution in [0.4, 0.5) is 0 Å². The van der Waals surface area contributed by atoms with Gasteiger partial charge in [0.15, 0.2) is 0 Å². The minimum Gasteiger partial charge on any atom is -0.310 e. The second kappa shape index (κ2) is 6.44. The molecular formula is C18H25N3. The van der Waals surface area contributed by atoms with E-state index in [4.69, 9.17) is 0 Å². The Hall–Kier alpha value is -1.61. The van der Waals surface area contributed by atoms with E-state index in [-0.39, 0.29) is 0 Å². The first-order valence-corrected chi connectivity index (χ1v) is 8.06. The maximum Gasteiger partial charge on any atom is 0.0537 e. The van der Waals surface area contributed by atoms with Crippen LogP contribution in [0.2, 0.25) is 0 Å². The van der Waals surface area contributed by atoms with E-state index < -0.39 is 0 Å². The van der Waals surface area contributed by atoms with Crippen LogP contribution >= 0.6 is 0 Å². The number of rotatable bonds is 5. The number of hydrogen-bond donors (Lipinski definition) is 1. The molecule has 3 nitrogen and oxygen atoms in total. The van der Waals surface area contributed by atoms with Gasteiger partial charge >= 0.3 is 0 Å². The molecule has 0 spiro atoms. The van der Waals surface area contributed by atoms with Crippen LogP contribution in [0.25, 0.3) is 0 Å². The van der Waals surface area contributed by atoms with Crippen LogP contribution in [0.3, 0.4) is 0 Å². The van der Waals surface area contributed by atoms with Crippen molar-refractivity contribution in [2.45, 2.75) is 38.6 Å². The highest BCUT2D eigenvalue weighted by molar-refractivity contribution is 5.30. The number of aryl methyl sites for hydroxylation is 2. The third-order valence-electron chi connectivity index (χ3n) is 4.55. The van der Waals surface area contributed by atoms with Crippen molar-refractivity contribution in [3.8, 4) is 0 Å². The van der Waals surface area contributed by atoms with Gasteiger partial charge in [-0.05, 0) is 49.3 Å². The summed E-state index contributed by atoms with van der Waals surface area (Å²) in [5, 5.41) is 8.11. The number of nitrogens with zero attached hydrogens (tertiary/aromatic N) is 2. The molecule has 1 aromatic carbocycles. The molecule has 0 fully saturated rings. The van der Waals surface area contributed by atoms with Crippen LogP contribution in [0, 0.1) is 5.92 Å². The summed E-state index contributed by atoms with van der Waals surface area (Å²) in [7, 11) is 2.00. The summed E-state index contributed by atoms with van der Waals surface area (Å²) in [5.74, 6) is 0.663. The molecule has 1 aromatic heterocycles. The van der Waals surface area contributed by atoms with Gasteiger partial charge in [0.05, 0.1) is 6.20 Å². The Morgan fingerprint density at radius 2 is 2.14 bits per heavy atom. The van der Waals surface area contributed by atoms with Crippen LogP contribution in [0.1, 0.15) is 42.5 Å².